The van der Waals surface area contributed by atoms with Gasteiger partial charge in [0.05, 0.1) is 0 Å². The Hall–Kier alpha value is -0.570. The second-order valence-corrected chi connectivity index (χ2v) is 3.72. The third kappa shape index (κ3) is 3.35. The lowest BCUT2D eigenvalue weighted by Crippen LogP contribution is -2.38. The molecule has 1 N–H and O–H groups in total. The third-order valence-corrected chi connectivity index (χ3v) is 2.68. The maximum atomic E-state index is 11.6. The van der Waals surface area contributed by atoms with Crippen molar-refractivity contribution in [2.75, 3.05) is 7.11 Å². The molecule has 1 aliphatic carbocycles. The van der Waals surface area contributed by atoms with Crippen LogP contribution in [0.4, 0.5) is 0 Å². The van der Waals surface area contributed by atoms with Crippen molar-refractivity contribution in [1.29, 1.82) is 0 Å². The molecule has 13 heavy (non-hydrogen) atoms. The molecule has 0 aliphatic heterocycles. The summed E-state index contributed by atoms with van der Waals surface area (Å²) < 4.78 is 4.98. The quantitative estimate of drug-likeness (QED) is 0.679. The van der Waals surface area contributed by atoms with Crippen molar-refractivity contribution in [2.24, 2.45) is 5.92 Å². The molecule has 0 radical (unpaired) electrons. The minimum atomic E-state index is -0.158. The van der Waals surface area contributed by atoms with Gasteiger partial charge in [0, 0.05) is 13.0 Å². The molecule has 1 unspecified atom stereocenters. The van der Waals surface area contributed by atoms with Crippen molar-refractivity contribution in [3.05, 3.63) is 0 Å². The zero-order chi connectivity index (χ0) is 9.68. The van der Waals surface area contributed by atoms with Gasteiger partial charge in [0.15, 0.2) is 0 Å². The van der Waals surface area contributed by atoms with E-state index in [1.54, 1.807) is 7.11 Å². The fourth-order valence-corrected chi connectivity index (χ4v) is 1.74. The highest BCUT2D eigenvalue weighted by atomic mass is 16.5. The highest BCUT2D eigenvalue weighted by Gasteiger charge is 2.21. The molecule has 76 valence electrons. The van der Waals surface area contributed by atoms with Crippen LogP contribution in [0.3, 0.4) is 0 Å². The predicted octanol–water partition coefficient (Wildman–Crippen LogP) is 1.68. The van der Waals surface area contributed by atoms with Crippen LogP contribution in [-0.4, -0.2) is 19.2 Å². The van der Waals surface area contributed by atoms with Crippen LogP contribution in [-0.2, 0) is 9.53 Å². The van der Waals surface area contributed by atoms with Crippen LogP contribution in [0.1, 0.15) is 39.0 Å². The van der Waals surface area contributed by atoms with E-state index < -0.39 is 0 Å². The van der Waals surface area contributed by atoms with E-state index in [0.717, 1.165) is 12.8 Å². The van der Waals surface area contributed by atoms with Crippen LogP contribution >= 0.6 is 0 Å². The zero-order valence-corrected chi connectivity index (χ0v) is 8.51. The maximum Gasteiger partial charge on any atom is 0.225 e. The standard InChI is InChI=1S/C10H19NO2/c1-8(13-2)11-10(12)9-6-4-3-5-7-9/h8-9H,3-7H2,1-2H3,(H,11,12). The molecule has 1 atom stereocenters. The summed E-state index contributed by atoms with van der Waals surface area (Å²) in [6.45, 7) is 1.85. The fraction of sp³-hybridized carbons (Fsp3) is 0.900. The topological polar surface area (TPSA) is 38.3 Å². The van der Waals surface area contributed by atoms with Gasteiger partial charge < -0.3 is 10.1 Å². The molecule has 0 saturated heterocycles. The number of carbonyl (C=O) groups is 1. The first-order valence-electron chi connectivity index (χ1n) is 5.07. The Balaban J connectivity index is 2.29. The molecule has 1 fully saturated rings. The van der Waals surface area contributed by atoms with Crippen molar-refractivity contribution in [1.82, 2.24) is 5.32 Å². The molecule has 0 aromatic rings. The van der Waals surface area contributed by atoms with E-state index in [1.807, 2.05) is 6.92 Å². The van der Waals surface area contributed by atoms with Gasteiger partial charge in [-0.3, -0.25) is 4.79 Å². The second kappa shape index (κ2) is 5.22. The molecule has 0 bridgehead atoms. The lowest BCUT2D eigenvalue weighted by molar-refractivity contribution is -0.129. The van der Waals surface area contributed by atoms with E-state index in [0.29, 0.717) is 0 Å². The zero-order valence-electron chi connectivity index (χ0n) is 8.51. The second-order valence-electron chi connectivity index (χ2n) is 3.72. The predicted molar refractivity (Wildman–Crippen MR) is 51.2 cm³/mol. The van der Waals surface area contributed by atoms with E-state index in [1.165, 1.54) is 19.3 Å². The highest BCUT2D eigenvalue weighted by Crippen LogP contribution is 2.23. The van der Waals surface area contributed by atoms with Crippen molar-refractivity contribution >= 4 is 5.91 Å². The highest BCUT2D eigenvalue weighted by molar-refractivity contribution is 5.78. The van der Waals surface area contributed by atoms with E-state index in [2.05, 4.69) is 5.32 Å². The monoisotopic (exact) mass is 185 g/mol. The molecule has 0 heterocycles. The first kappa shape index (κ1) is 10.5. The van der Waals surface area contributed by atoms with Gasteiger partial charge in [-0.2, -0.15) is 0 Å². The summed E-state index contributed by atoms with van der Waals surface area (Å²) in [5.74, 6) is 0.389. The summed E-state index contributed by atoms with van der Waals surface area (Å²) in [6, 6.07) is 0. The lowest BCUT2D eigenvalue weighted by Gasteiger charge is -2.22. The minimum absolute atomic E-state index is 0.158. The van der Waals surface area contributed by atoms with Gasteiger partial charge in [-0.05, 0) is 19.8 Å². The van der Waals surface area contributed by atoms with Gasteiger partial charge in [-0.25, -0.2) is 0 Å². The molecule has 1 amide bonds. The Morgan fingerprint density at radius 3 is 2.54 bits per heavy atom. The molecule has 3 nitrogen and oxygen atoms in total. The molecular weight excluding hydrogens is 166 g/mol. The summed E-state index contributed by atoms with van der Waals surface area (Å²) in [5.41, 5.74) is 0. The first-order valence-corrected chi connectivity index (χ1v) is 5.07. The molecule has 3 heteroatoms. The minimum Gasteiger partial charge on any atom is -0.362 e. The van der Waals surface area contributed by atoms with E-state index in [9.17, 15) is 4.79 Å². The normalized spacial score (nSPS) is 21.1. The SMILES string of the molecule is COC(C)NC(=O)C1CCCCC1. The third-order valence-electron chi connectivity index (χ3n) is 2.68. The lowest BCUT2D eigenvalue weighted by atomic mass is 9.89. The first-order chi connectivity index (χ1) is 6.24. The Morgan fingerprint density at radius 2 is 2.00 bits per heavy atom. The smallest absolute Gasteiger partial charge is 0.225 e. The molecule has 0 aromatic carbocycles. The van der Waals surface area contributed by atoms with Crippen molar-refractivity contribution in [3.8, 4) is 0 Å². The van der Waals surface area contributed by atoms with Gasteiger partial charge in [0.25, 0.3) is 0 Å². The number of ether oxygens (including phenoxy) is 1. The van der Waals surface area contributed by atoms with Crippen LogP contribution < -0.4 is 5.32 Å². The number of hydrogen-bond donors (Lipinski definition) is 1. The van der Waals surface area contributed by atoms with Crippen molar-refractivity contribution in [2.45, 2.75) is 45.3 Å². The summed E-state index contributed by atoms with van der Waals surface area (Å²) in [4.78, 5) is 11.6. The number of carbonyl (C=O) groups excluding carboxylic acids is 1. The van der Waals surface area contributed by atoms with Gasteiger partial charge >= 0.3 is 0 Å². The van der Waals surface area contributed by atoms with Gasteiger partial charge in [-0.1, -0.05) is 19.3 Å². The number of amides is 1. The van der Waals surface area contributed by atoms with E-state index in [4.69, 9.17) is 4.74 Å². The van der Waals surface area contributed by atoms with Crippen LogP contribution in [0.5, 0.6) is 0 Å². The van der Waals surface area contributed by atoms with Crippen molar-refractivity contribution in [3.63, 3.8) is 0 Å². The van der Waals surface area contributed by atoms with Gasteiger partial charge in [0.2, 0.25) is 5.91 Å². The Bertz CT molecular complexity index is 164. The van der Waals surface area contributed by atoms with E-state index in [-0.39, 0.29) is 18.1 Å². The molecule has 1 saturated carbocycles. The van der Waals surface area contributed by atoms with Crippen LogP contribution in [0.2, 0.25) is 0 Å². The summed E-state index contributed by atoms with van der Waals surface area (Å²) in [7, 11) is 1.60. The number of hydrogen-bond acceptors (Lipinski definition) is 2. The fourth-order valence-electron chi connectivity index (χ4n) is 1.74. The van der Waals surface area contributed by atoms with Crippen LogP contribution in [0, 0.1) is 5.92 Å². The Kier molecular flexibility index (Phi) is 4.22. The van der Waals surface area contributed by atoms with Gasteiger partial charge in [0.1, 0.15) is 6.23 Å². The van der Waals surface area contributed by atoms with E-state index >= 15 is 0 Å². The molecular formula is C10H19NO2. The Morgan fingerprint density at radius 1 is 1.38 bits per heavy atom. The molecule has 1 rings (SSSR count). The van der Waals surface area contributed by atoms with Gasteiger partial charge in [-0.15, -0.1) is 0 Å². The van der Waals surface area contributed by atoms with Crippen molar-refractivity contribution < 1.29 is 9.53 Å². The van der Waals surface area contributed by atoms with Crippen LogP contribution in [0.25, 0.3) is 0 Å². The largest absolute Gasteiger partial charge is 0.362 e. The average Bonchev–Trinajstić information content (AvgIpc) is 2.19. The summed E-state index contributed by atoms with van der Waals surface area (Å²) in [6.07, 6.45) is 5.60. The molecule has 0 spiro atoms. The van der Waals surface area contributed by atoms with Crippen LogP contribution in [0.15, 0.2) is 0 Å². The maximum absolute atomic E-state index is 11.6. The summed E-state index contributed by atoms with van der Waals surface area (Å²) >= 11 is 0. The number of rotatable bonds is 3. The Labute approximate surface area is 79.8 Å². The average molecular weight is 185 g/mol. The summed E-state index contributed by atoms with van der Waals surface area (Å²) in [5, 5.41) is 2.84. The molecule has 0 aromatic heterocycles. The number of methoxy groups -OCH3 is 1. The molecule has 1 aliphatic rings. The number of nitrogens with one attached hydrogen (secondary N) is 1.